The third-order valence-electron chi connectivity index (χ3n) is 6.41. The van der Waals surface area contributed by atoms with Gasteiger partial charge in [-0.1, -0.05) is 41.7 Å². The van der Waals surface area contributed by atoms with E-state index in [0.717, 1.165) is 16.5 Å². The minimum atomic E-state index is -0.826. The number of aromatic nitrogens is 2. The number of benzene rings is 2. The van der Waals surface area contributed by atoms with E-state index in [1.165, 1.54) is 28.0 Å². The van der Waals surface area contributed by atoms with Crippen LogP contribution in [0.25, 0.3) is 17.0 Å². The lowest BCUT2D eigenvalue weighted by molar-refractivity contribution is -0.143. The first-order valence-electron chi connectivity index (χ1n) is 12.5. The van der Waals surface area contributed by atoms with Crippen molar-refractivity contribution in [2.75, 3.05) is 13.2 Å². The first-order chi connectivity index (χ1) is 18.8. The highest BCUT2D eigenvalue weighted by Crippen LogP contribution is 2.31. The predicted molar refractivity (Wildman–Crippen MR) is 145 cm³/mol. The summed E-state index contributed by atoms with van der Waals surface area (Å²) in [7, 11) is 0. The fourth-order valence-electron chi connectivity index (χ4n) is 4.76. The summed E-state index contributed by atoms with van der Waals surface area (Å²) >= 11 is 1.20. The van der Waals surface area contributed by atoms with Gasteiger partial charge in [0.05, 0.1) is 35.1 Å². The van der Waals surface area contributed by atoms with E-state index in [1.54, 1.807) is 43.5 Å². The summed E-state index contributed by atoms with van der Waals surface area (Å²) in [4.78, 5) is 44.0. The van der Waals surface area contributed by atoms with Gasteiger partial charge in [0.2, 0.25) is 0 Å². The van der Waals surface area contributed by atoms with Crippen LogP contribution in [0.15, 0.2) is 75.8 Å². The zero-order valence-electron chi connectivity index (χ0n) is 21.6. The van der Waals surface area contributed by atoms with Gasteiger partial charge in [0.15, 0.2) is 4.80 Å². The van der Waals surface area contributed by atoms with Gasteiger partial charge in [0.1, 0.15) is 12.4 Å². The smallest absolute Gasteiger partial charge is 0.338 e. The normalized spacial score (nSPS) is 15.3. The van der Waals surface area contributed by atoms with Crippen LogP contribution in [-0.4, -0.2) is 34.3 Å². The van der Waals surface area contributed by atoms with Crippen molar-refractivity contribution in [3.05, 3.63) is 103 Å². The van der Waals surface area contributed by atoms with E-state index in [-0.39, 0.29) is 36.9 Å². The molecule has 0 bridgehead atoms. The van der Waals surface area contributed by atoms with Crippen LogP contribution in [0.2, 0.25) is 0 Å². The molecule has 0 radical (unpaired) electrons. The number of carbonyl (C=O) groups is 2. The lowest BCUT2D eigenvalue weighted by Crippen LogP contribution is -2.39. The molecule has 0 spiro atoms. The van der Waals surface area contributed by atoms with Crippen LogP contribution >= 0.6 is 11.3 Å². The maximum Gasteiger partial charge on any atom is 0.338 e. The third kappa shape index (κ3) is 4.95. The van der Waals surface area contributed by atoms with E-state index >= 15 is 0 Å². The number of thiazole rings is 1. The molecule has 0 N–H and O–H groups in total. The largest absolute Gasteiger partial charge is 0.465 e. The lowest BCUT2D eigenvalue weighted by atomic mass is 9.96. The van der Waals surface area contributed by atoms with Crippen LogP contribution in [0.4, 0.5) is 4.39 Å². The number of nitrogens with zero attached hydrogens (tertiary/aromatic N) is 3. The number of para-hydroxylation sites is 1. The Kier molecular flexibility index (Phi) is 7.30. The van der Waals surface area contributed by atoms with Crippen LogP contribution in [0.1, 0.15) is 37.9 Å². The molecule has 8 nitrogen and oxygen atoms in total. The van der Waals surface area contributed by atoms with E-state index in [4.69, 9.17) is 9.47 Å². The summed E-state index contributed by atoms with van der Waals surface area (Å²) in [5, 5.41) is 0.867. The standard InChI is InChI=1S/C29H26FN3O5S/c1-4-37-24(34)16-32-15-19(21-8-6-7-9-22(21)32)14-23-27(35)33-26(18-10-12-20(30)13-11-18)25(28(36)38-5-2)17(3)31-29(33)39-23/h6-15,26H,4-5,16H2,1-3H3/b23-14+. The highest BCUT2D eigenvalue weighted by molar-refractivity contribution is 7.07. The van der Waals surface area contributed by atoms with E-state index < -0.39 is 17.8 Å². The summed E-state index contributed by atoms with van der Waals surface area (Å²) in [5.74, 6) is -1.36. The van der Waals surface area contributed by atoms with Crippen molar-refractivity contribution in [2.24, 2.45) is 4.99 Å². The monoisotopic (exact) mass is 547 g/mol. The molecule has 0 aliphatic carbocycles. The molecule has 5 rings (SSSR count). The zero-order chi connectivity index (χ0) is 27.7. The molecule has 3 heterocycles. The fourth-order valence-corrected chi connectivity index (χ4v) is 5.80. The summed E-state index contributed by atoms with van der Waals surface area (Å²) in [6.45, 7) is 5.64. The number of rotatable bonds is 7. The van der Waals surface area contributed by atoms with E-state index in [1.807, 2.05) is 30.5 Å². The Morgan fingerprint density at radius 3 is 2.51 bits per heavy atom. The number of esters is 2. The van der Waals surface area contributed by atoms with Crippen molar-refractivity contribution in [1.29, 1.82) is 0 Å². The minimum absolute atomic E-state index is 0.0378. The Hall–Kier alpha value is -4.31. The van der Waals surface area contributed by atoms with Crippen LogP contribution in [0.3, 0.4) is 0 Å². The SMILES string of the molecule is CCOC(=O)Cn1cc(/C=c2/sc3n(c2=O)C(c2ccc(F)cc2)C(C(=O)OCC)=C(C)N=3)c2ccccc21. The molecule has 1 aliphatic rings. The fraction of sp³-hybridized carbons (Fsp3) is 0.241. The Morgan fingerprint density at radius 1 is 1.08 bits per heavy atom. The van der Waals surface area contributed by atoms with Gasteiger partial charge in [-0.3, -0.25) is 14.2 Å². The van der Waals surface area contributed by atoms with E-state index in [2.05, 4.69) is 4.99 Å². The van der Waals surface area contributed by atoms with Crippen LogP contribution in [0.5, 0.6) is 0 Å². The second-order valence-electron chi connectivity index (χ2n) is 8.89. The predicted octanol–water partition coefficient (Wildman–Crippen LogP) is 3.46. The number of fused-ring (bicyclic) bond motifs is 2. The molecule has 2 aromatic carbocycles. The summed E-state index contributed by atoms with van der Waals surface area (Å²) in [6.07, 6.45) is 3.57. The van der Waals surface area contributed by atoms with Gasteiger partial charge in [0, 0.05) is 22.7 Å². The first-order valence-corrected chi connectivity index (χ1v) is 13.3. The third-order valence-corrected chi connectivity index (χ3v) is 7.40. The molecule has 0 saturated carbocycles. The van der Waals surface area contributed by atoms with Crippen molar-refractivity contribution in [2.45, 2.75) is 33.4 Å². The van der Waals surface area contributed by atoms with Gasteiger partial charge < -0.3 is 14.0 Å². The maximum atomic E-state index is 13.9. The number of halogens is 1. The van der Waals surface area contributed by atoms with E-state index in [0.29, 0.717) is 20.6 Å². The number of ether oxygens (including phenoxy) is 2. The number of allylic oxidation sites excluding steroid dienone is 1. The quantitative estimate of drug-likeness (QED) is 0.331. The van der Waals surface area contributed by atoms with Gasteiger partial charge in [-0.2, -0.15) is 0 Å². The number of hydrogen-bond donors (Lipinski definition) is 0. The van der Waals surface area contributed by atoms with Crippen molar-refractivity contribution in [3.63, 3.8) is 0 Å². The molecule has 1 atom stereocenters. The van der Waals surface area contributed by atoms with Gasteiger partial charge in [0.25, 0.3) is 5.56 Å². The molecule has 39 heavy (non-hydrogen) atoms. The van der Waals surface area contributed by atoms with Gasteiger partial charge in [-0.15, -0.1) is 0 Å². The van der Waals surface area contributed by atoms with E-state index in [9.17, 15) is 18.8 Å². The Balaban J connectivity index is 1.69. The second kappa shape index (κ2) is 10.8. The lowest BCUT2D eigenvalue weighted by Gasteiger charge is -2.24. The number of hydrogen-bond acceptors (Lipinski definition) is 7. The molecular formula is C29H26FN3O5S. The Bertz CT molecular complexity index is 1800. The van der Waals surface area contributed by atoms with Gasteiger partial charge in [-0.05, 0) is 50.6 Å². The summed E-state index contributed by atoms with van der Waals surface area (Å²) in [6, 6.07) is 12.5. The molecule has 4 aromatic rings. The van der Waals surface area contributed by atoms with Crippen LogP contribution in [0, 0.1) is 5.82 Å². The Labute approximate surface area is 226 Å². The van der Waals surface area contributed by atoms with Gasteiger partial charge >= 0.3 is 11.9 Å². The van der Waals surface area contributed by atoms with Crippen molar-refractivity contribution >= 4 is 40.3 Å². The average Bonchev–Trinajstić information content (AvgIpc) is 3.40. The molecule has 0 fully saturated rings. The molecule has 200 valence electrons. The molecule has 0 saturated heterocycles. The highest BCUT2D eigenvalue weighted by Gasteiger charge is 2.33. The number of carbonyl (C=O) groups excluding carboxylic acids is 2. The molecule has 0 amide bonds. The topological polar surface area (TPSA) is 91.9 Å². The van der Waals surface area contributed by atoms with Crippen molar-refractivity contribution < 1.29 is 23.5 Å². The van der Waals surface area contributed by atoms with Gasteiger partial charge in [-0.25, -0.2) is 14.2 Å². The van der Waals surface area contributed by atoms with Crippen molar-refractivity contribution in [3.8, 4) is 0 Å². The Morgan fingerprint density at radius 2 is 1.79 bits per heavy atom. The molecule has 1 unspecified atom stereocenters. The van der Waals surface area contributed by atoms with Crippen LogP contribution in [-0.2, 0) is 25.6 Å². The first kappa shape index (κ1) is 26.3. The molecule has 10 heteroatoms. The molecule has 2 aromatic heterocycles. The average molecular weight is 548 g/mol. The maximum absolute atomic E-state index is 13.9. The van der Waals surface area contributed by atoms with Crippen molar-refractivity contribution in [1.82, 2.24) is 9.13 Å². The summed E-state index contributed by atoms with van der Waals surface area (Å²) < 4.78 is 27.8. The molecular weight excluding hydrogens is 521 g/mol. The summed E-state index contributed by atoms with van der Waals surface area (Å²) in [5.41, 5.74) is 2.46. The minimum Gasteiger partial charge on any atom is -0.465 e. The zero-order valence-corrected chi connectivity index (χ0v) is 22.5. The van der Waals surface area contributed by atoms with Crippen LogP contribution < -0.4 is 14.9 Å². The second-order valence-corrected chi connectivity index (χ2v) is 9.90. The molecule has 1 aliphatic heterocycles. The highest BCUT2D eigenvalue weighted by atomic mass is 32.1.